The number of rotatable bonds is 8. The summed E-state index contributed by atoms with van der Waals surface area (Å²) in [6, 6.07) is 9.63. The van der Waals surface area contributed by atoms with Crippen molar-refractivity contribution in [2.75, 3.05) is 32.2 Å². The van der Waals surface area contributed by atoms with E-state index in [1.165, 1.54) is 24.1 Å². The number of benzene rings is 1. The third-order valence-corrected chi connectivity index (χ3v) is 3.39. The van der Waals surface area contributed by atoms with Gasteiger partial charge in [-0.1, -0.05) is 12.1 Å². The molecule has 1 aliphatic rings. The minimum atomic E-state index is 0.779. The van der Waals surface area contributed by atoms with Crippen LogP contribution < -0.4 is 10.2 Å². The van der Waals surface area contributed by atoms with Crippen LogP contribution in [0.4, 0.5) is 5.69 Å². The van der Waals surface area contributed by atoms with Gasteiger partial charge in [-0.05, 0) is 37.0 Å². The van der Waals surface area contributed by atoms with Crippen LogP contribution in [-0.4, -0.2) is 33.4 Å². The average molecular weight is 248 g/mol. The van der Waals surface area contributed by atoms with E-state index < -0.39 is 0 Å². The van der Waals surface area contributed by atoms with Crippen LogP contribution in [0.3, 0.4) is 0 Å². The molecule has 100 valence electrons. The zero-order valence-electron chi connectivity index (χ0n) is 11.5. The summed E-state index contributed by atoms with van der Waals surface area (Å²) in [5, 5.41) is 3.53. The lowest BCUT2D eigenvalue weighted by Crippen LogP contribution is -2.20. The predicted molar refractivity (Wildman–Crippen MR) is 76.1 cm³/mol. The van der Waals surface area contributed by atoms with Gasteiger partial charge >= 0.3 is 0 Å². The molecule has 3 heteroatoms. The lowest BCUT2D eigenvalue weighted by molar-refractivity contribution is 0.196. The largest absolute Gasteiger partial charge is 0.385 e. The molecule has 2 rings (SSSR count). The average Bonchev–Trinajstić information content (AvgIpc) is 3.21. The molecule has 18 heavy (non-hydrogen) atoms. The number of ether oxygens (including phenoxy) is 1. The molecule has 0 heterocycles. The molecule has 1 aromatic rings. The van der Waals surface area contributed by atoms with E-state index in [2.05, 4.69) is 41.5 Å². The normalized spacial score (nSPS) is 14.8. The van der Waals surface area contributed by atoms with Crippen LogP contribution in [0.15, 0.2) is 24.3 Å². The Labute approximate surface area is 110 Å². The lowest BCUT2D eigenvalue weighted by Gasteiger charge is -2.19. The first-order valence-electron chi connectivity index (χ1n) is 6.82. The molecule has 1 saturated carbocycles. The Kier molecular flexibility index (Phi) is 5.02. The molecule has 0 aromatic heterocycles. The highest BCUT2D eigenvalue weighted by Gasteiger charge is 2.19. The van der Waals surface area contributed by atoms with Crippen molar-refractivity contribution in [1.82, 2.24) is 5.32 Å². The molecule has 1 N–H and O–H groups in total. The van der Waals surface area contributed by atoms with E-state index in [1.54, 1.807) is 7.11 Å². The van der Waals surface area contributed by atoms with Gasteiger partial charge in [-0.3, -0.25) is 0 Å². The lowest BCUT2D eigenvalue weighted by atomic mass is 10.2. The summed E-state index contributed by atoms with van der Waals surface area (Å²) in [6.45, 7) is 2.86. The van der Waals surface area contributed by atoms with E-state index in [0.29, 0.717) is 0 Å². The number of nitrogens with one attached hydrogen (secondary N) is 1. The SMILES string of the molecule is COCCCN(C)c1ccc(CNC2CC2)cc1. The van der Waals surface area contributed by atoms with Crippen molar-refractivity contribution in [2.45, 2.75) is 31.8 Å². The zero-order valence-corrected chi connectivity index (χ0v) is 11.5. The van der Waals surface area contributed by atoms with E-state index >= 15 is 0 Å². The minimum Gasteiger partial charge on any atom is -0.385 e. The second-order valence-electron chi connectivity index (χ2n) is 5.09. The van der Waals surface area contributed by atoms with E-state index in [9.17, 15) is 0 Å². The highest BCUT2D eigenvalue weighted by Crippen LogP contribution is 2.20. The van der Waals surface area contributed by atoms with Gasteiger partial charge in [0.1, 0.15) is 0 Å². The Bertz CT molecular complexity index is 346. The third-order valence-electron chi connectivity index (χ3n) is 3.39. The summed E-state index contributed by atoms with van der Waals surface area (Å²) < 4.78 is 5.07. The summed E-state index contributed by atoms with van der Waals surface area (Å²) in [6.07, 6.45) is 3.76. The zero-order chi connectivity index (χ0) is 12.8. The maximum Gasteiger partial charge on any atom is 0.0479 e. The quantitative estimate of drug-likeness (QED) is 0.715. The number of hydrogen-bond donors (Lipinski definition) is 1. The molecule has 0 spiro atoms. The van der Waals surface area contributed by atoms with Crippen LogP contribution in [0.1, 0.15) is 24.8 Å². The first-order chi connectivity index (χ1) is 8.79. The number of methoxy groups -OCH3 is 1. The van der Waals surface area contributed by atoms with E-state index in [-0.39, 0.29) is 0 Å². The Balaban J connectivity index is 1.77. The Morgan fingerprint density at radius 2 is 2.00 bits per heavy atom. The van der Waals surface area contributed by atoms with Gasteiger partial charge in [0.25, 0.3) is 0 Å². The van der Waals surface area contributed by atoms with Crippen molar-refractivity contribution in [3.8, 4) is 0 Å². The van der Waals surface area contributed by atoms with Gasteiger partial charge in [0.15, 0.2) is 0 Å². The van der Waals surface area contributed by atoms with Crippen molar-refractivity contribution < 1.29 is 4.74 Å². The molecule has 3 nitrogen and oxygen atoms in total. The second-order valence-corrected chi connectivity index (χ2v) is 5.09. The Morgan fingerprint density at radius 3 is 2.61 bits per heavy atom. The Hall–Kier alpha value is -1.06. The molecule has 1 aliphatic carbocycles. The Morgan fingerprint density at radius 1 is 1.28 bits per heavy atom. The van der Waals surface area contributed by atoms with Gasteiger partial charge in [-0.15, -0.1) is 0 Å². The monoisotopic (exact) mass is 248 g/mol. The highest BCUT2D eigenvalue weighted by molar-refractivity contribution is 5.46. The molecular formula is C15H24N2O. The molecule has 0 unspecified atom stereocenters. The van der Waals surface area contributed by atoms with E-state index in [4.69, 9.17) is 4.74 Å². The smallest absolute Gasteiger partial charge is 0.0479 e. The van der Waals surface area contributed by atoms with Crippen LogP contribution >= 0.6 is 0 Å². The molecule has 0 bridgehead atoms. The highest BCUT2D eigenvalue weighted by atomic mass is 16.5. The summed E-state index contributed by atoms with van der Waals surface area (Å²) in [5.41, 5.74) is 2.65. The molecular weight excluding hydrogens is 224 g/mol. The van der Waals surface area contributed by atoms with Crippen molar-refractivity contribution in [2.24, 2.45) is 0 Å². The van der Waals surface area contributed by atoms with Gasteiger partial charge < -0.3 is 15.0 Å². The second kappa shape index (κ2) is 6.76. The molecule has 1 aromatic carbocycles. The minimum absolute atomic E-state index is 0.779. The van der Waals surface area contributed by atoms with Crippen LogP contribution in [0.2, 0.25) is 0 Å². The van der Waals surface area contributed by atoms with Crippen molar-refractivity contribution in [3.05, 3.63) is 29.8 Å². The standard InChI is InChI=1S/C15H24N2O/c1-17(10-3-11-18-2)15-8-4-13(5-9-15)12-16-14-6-7-14/h4-5,8-9,14,16H,3,6-7,10-12H2,1-2H3. The fourth-order valence-corrected chi connectivity index (χ4v) is 1.99. The fraction of sp³-hybridized carbons (Fsp3) is 0.600. The van der Waals surface area contributed by atoms with Crippen molar-refractivity contribution in [1.29, 1.82) is 0 Å². The summed E-state index contributed by atoms with van der Waals surface area (Å²) in [7, 11) is 3.88. The molecule has 1 fully saturated rings. The van der Waals surface area contributed by atoms with E-state index in [1.807, 2.05) is 0 Å². The van der Waals surface area contributed by atoms with Gasteiger partial charge in [0.2, 0.25) is 0 Å². The third kappa shape index (κ3) is 4.31. The maximum absolute atomic E-state index is 5.07. The van der Waals surface area contributed by atoms with Gasteiger partial charge in [0, 0.05) is 45.6 Å². The van der Waals surface area contributed by atoms with Crippen molar-refractivity contribution >= 4 is 5.69 Å². The van der Waals surface area contributed by atoms with Crippen LogP contribution in [-0.2, 0) is 11.3 Å². The van der Waals surface area contributed by atoms with E-state index in [0.717, 1.165) is 32.2 Å². The topological polar surface area (TPSA) is 24.5 Å². The number of nitrogens with zero attached hydrogens (tertiary/aromatic N) is 1. The first-order valence-corrected chi connectivity index (χ1v) is 6.82. The number of hydrogen-bond acceptors (Lipinski definition) is 3. The summed E-state index contributed by atoms with van der Waals surface area (Å²) in [5.74, 6) is 0. The molecule has 0 atom stereocenters. The van der Waals surface area contributed by atoms with Crippen LogP contribution in [0, 0.1) is 0 Å². The first kappa shape index (κ1) is 13.4. The van der Waals surface area contributed by atoms with Gasteiger partial charge in [-0.25, -0.2) is 0 Å². The van der Waals surface area contributed by atoms with Crippen LogP contribution in [0.5, 0.6) is 0 Å². The molecule has 0 saturated heterocycles. The molecule has 0 aliphatic heterocycles. The molecule has 0 radical (unpaired) electrons. The van der Waals surface area contributed by atoms with Crippen molar-refractivity contribution in [3.63, 3.8) is 0 Å². The van der Waals surface area contributed by atoms with Gasteiger partial charge in [0.05, 0.1) is 0 Å². The number of anilines is 1. The maximum atomic E-state index is 5.07. The molecule has 0 amide bonds. The predicted octanol–water partition coefficient (Wildman–Crippen LogP) is 2.41. The van der Waals surface area contributed by atoms with Gasteiger partial charge in [-0.2, -0.15) is 0 Å². The summed E-state index contributed by atoms with van der Waals surface area (Å²) >= 11 is 0. The van der Waals surface area contributed by atoms with Crippen LogP contribution in [0.25, 0.3) is 0 Å². The fourth-order valence-electron chi connectivity index (χ4n) is 1.99. The summed E-state index contributed by atoms with van der Waals surface area (Å²) in [4.78, 5) is 2.27.